The van der Waals surface area contributed by atoms with Crippen molar-refractivity contribution in [2.45, 2.75) is 24.6 Å². The fraction of sp³-hybridized carbons (Fsp3) is 0.385. The van der Waals surface area contributed by atoms with Crippen molar-refractivity contribution in [2.75, 3.05) is 17.7 Å². The minimum absolute atomic E-state index is 0.153. The van der Waals surface area contributed by atoms with Crippen molar-refractivity contribution >= 4 is 51.2 Å². The van der Waals surface area contributed by atoms with Crippen LogP contribution < -0.4 is 5.32 Å². The molecule has 118 valence electrons. The van der Waals surface area contributed by atoms with Gasteiger partial charge in [-0.3, -0.25) is 10.1 Å². The Morgan fingerprint density at radius 2 is 2.36 bits per heavy atom. The van der Waals surface area contributed by atoms with Gasteiger partial charge in [-0.25, -0.2) is 0 Å². The first-order chi connectivity index (χ1) is 10.7. The molecule has 0 saturated heterocycles. The van der Waals surface area contributed by atoms with Crippen LogP contribution >= 0.6 is 34.4 Å². The second kappa shape index (κ2) is 8.86. The molecular weight excluding hydrogens is 340 g/mol. The first-order valence-electron chi connectivity index (χ1n) is 6.65. The highest BCUT2D eigenvalue weighted by molar-refractivity contribution is 8.01. The van der Waals surface area contributed by atoms with Crippen molar-refractivity contribution in [3.05, 3.63) is 22.4 Å². The molecule has 1 amide bonds. The summed E-state index contributed by atoms with van der Waals surface area (Å²) in [5.41, 5.74) is 0.747. The maximum Gasteiger partial charge on any atom is 0.266 e. The Morgan fingerprint density at radius 1 is 1.50 bits per heavy atom. The van der Waals surface area contributed by atoms with Gasteiger partial charge in [-0.1, -0.05) is 41.2 Å². The van der Waals surface area contributed by atoms with Crippen LogP contribution in [0.5, 0.6) is 0 Å². The Bertz CT molecular complexity index is 625. The third kappa shape index (κ3) is 5.39. The number of thiophene rings is 1. The summed E-state index contributed by atoms with van der Waals surface area (Å²) in [6, 6.07) is 3.89. The van der Waals surface area contributed by atoms with Crippen LogP contribution in [0.4, 0.5) is 5.13 Å². The molecule has 9 heteroatoms. The van der Waals surface area contributed by atoms with Gasteiger partial charge in [-0.15, -0.1) is 21.5 Å². The lowest BCUT2D eigenvalue weighted by molar-refractivity contribution is -0.120. The highest BCUT2D eigenvalue weighted by Gasteiger charge is 2.09. The van der Waals surface area contributed by atoms with Crippen molar-refractivity contribution in [1.29, 1.82) is 0 Å². The molecule has 0 saturated carbocycles. The van der Waals surface area contributed by atoms with Crippen molar-refractivity contribution < 1.29 is 9.63 Å². The van der Waals surface area contributed by atoms with Crippen LogP contribution in [-0.4, -0.2) is 34.2 Å². The molecule has 2 aromatic rings. The Labute approximate surface area is 141 Å². The molecule has 2 rings (SSSR count). The molecule has 0 spiro atoms. The van der Waals surface area contributed by atoms with Gasteiger partial charge in [-0.05, 0) is 24.8 Å². The van der Waals surface area contributed by atoms with Gasteiger partial charge in [0.25, 0.3) is 5.91 Å². The van der Waals surface area contributed by atoms with Crippen LogP contribution in [-0.2, 0) is 9.63 Å². The quantitative estimate of drug-likeness (QED) is 0.339. The van der Waals surface area contributed by atoms with Crippen molar-refractivity contribution in [2.24, 2.45) is 5.16 Å². The lowest BCUT2D eigenvalue weighted by atomic mass is 10.3. The topological polar surface area (TPSA) is 76.5 Å². The predicted molar refractivity (Wildman–Crippen MR) is 92.0 cm³/mol. The van der Waals surface area contributed by atoms with E-state index in [0.29, 0.717) is 5.13 Å². The van der Waals surface area contributed by atoms with Gasteiger partial charge in [0.15, 0.2) is 10.9 Å². The van der Waals surface area contributed by atoms with Gasteiger partial charge in [0.2, 0.25) is 5.13 Å². The van der Waals surface area contributed by atoms with Crippen LogP contribution in [0.1, 0.15) is 25.1 Å². The minimum Gasteiger partial charge on any atom is -0.385 e. The highest BCUT2D eigenvalue weighted by atomic mass is 32.2. The van der Waals surface area contributed by atoms with Crippen LogP contribution in [0.2, 0.25) is 0 Å². The maximum absolute atomic E-state index is 11.7. The molecule has 1 N–H and O–H groups in total. The van der Waals surface area contributed by atoms with E-state index in [0.717, 1.165) is 27.1 Å². The van der Waals surface area contributed by atoms with E-state index < -0.39 is 0 Å². The second-order valence-corrected chi connectivity index (χ2v) is 7.46. The number of nitrogens with one attached hydrogen (secondary N) is 1. The zero-order valence-corrected chi connectivity index (χ0v) is 14.7. The number of aromatic nitrogens is 2. The third-order valence-corrected chi connectivity index (χ3v) is 5.51. The van der Waals surface area contributed by atoms with Crippen molar-refractivity contribution in [3.63, 3.8) is 0 Å². The molecule has 0 atom stereocenters. The van der Waals surface area contributed by atoms with E-state index in [-0.39, 0.29) is 12.5 Å². The van der Waals surface area contributed by atoms with E-state index in [1.54, 1.807) is 23.1 Å². The zero-order valence-electron chi connectivity index (χ0n) is 12.2. The SMILES string of the molecule is CCCSc1nnc(NC(=O)CON=C(C)c2cccs2)s1. The second-order valence-electron chi connectivity index (χ2n) is 4.20. The number of carbonyl (C=O) groups is 1. The maximum atomic E-state index is 11.7. The van der Waals surface area contributed by atoms with Gasteiger partial charge in [0.05, 0.1) is 10.6 Å². The fourth-order valence-corrected chi connectivity index (χ4v) is 3.74. The van der Waals surface area contributed by atoms with Gasteiger partial charge >= 0.3 is 0 Å². The number of anilines is 1. The summed E-state index contributed by atoms with van der Waals surface area (Å²) in [5, 5.41) is 16.9. The average Bonchev–Trinajstić information content (AvgIpc) is 3.16. The molecule has 22 heavy (non-hydrogen) atoms. The Morgan fingerprint density at radius 3 is 3.09 bits per heavy atom. The lowest BCUT2D eigenvalue weighted by Gasteiger charge is -2.01. The molecule has 0 radical (unpaired) electrons. The molecule has 0 aliphatic carbocycles. The Hall–Kier alpha value is -1.45. The Balaban J connectivity index is 1.76. The lowest BCUT2D eigenvalue weighted by Crippen LogP contribution is -2.17. The third-order valence-electron chi connectivity index (χ3n) is 2.36. The summed E-state index contributed by atoms with van der Waals surface area (Å²) in [6.07, 6.45) is 1.07. The largest absolute Gasteiger partial charge is 0.385 e. The van der Waals surface area contributed by atoms with Gasteiger partial charge < -0.3 is 4.84 Å². The minimum atomic E-state index is -0.300. The van der Waals surface area contributed by atoms with E-state index in [4.69, 9.17) is 4.84 Å². The average molecular weight is 356 g/mol. The molecule has 2 heterocycles. The first kappa shape index (κ1) is 16.9. The Kier molecular flexibility index (Phi) is 6.81. The molecule has 0 bridgehead atoms. The standard InChI is InChI=1S/C13H16N4O2S3/c1-3-6-21-13-16-15-12(22-13)14-11(18)8-19-17-9(2)10-5-4-7-20-10/h4-5,7H,3,6,8H2,1-2H3,(H,14,15,18). The molecule has 6 nitrogen and oxygen atoms in total. The number of oxime groups is 1. The number of hydrogen-bond donors (Lipinski definition) is 1. The van der Waals surface area contributed by atoms with Gasteiger partial charge in [0, 0.05) is 5.75 Å². The smallest absolute Gasteiger partial charge is 0.266 e. The van der Waals surface area contributed by atoms with Crippen LogP contribution in [0.15, 0.2) is 27.0 Å². The van der Waals surface area contributed by atoms with Gasteiger partial charge in [-0.2, -0.15) is 0 Å². The predicted octanol–water partition coefficient (Wildman–Crippen LogP) is 3.48. The molecule has 0 fully saturated rings. The van der Waals surface area contributed by atoms with Crippen molar-refractivity contribution in [3.8, 4) is 0 Å². The highest BCUT2D eigenvalue weighted by Crippen LogP contribution is 2.25. The summed E-state index contributed by atoms with van der Waals surface area (Å²) in [6.45, 7) is 3.79. The van der Waals surface area contributed by atoms with Crippen LogP contribution in [0.25, 0.3) is 0 Å². The summed E-state index contributed by atoms with van der Waals surface area (Å²) in [5.74, 6) is 0.688. The van der Waals surface area contributed by atoms with Crippen LogP contribution in [0.3, 0.4) is 0 Å². The number of amides is 1. The molecule has 0 unspecified atom stereocenters. The van der Waals surface area contributed by atoms with E-state index >= 15 is 0 Å². The van der Waals surface area contributed by atoms with Gasteiger partial charge in [0.1, 0.15) is 0 Å². The van der Waals surface area contributed by atoms with E-state index in [1.165, 1.54) is 11.3 Å². The van der Waals surface area contributed by atoms with E-state index in [9.17, 15) is 4.79 Å². The molecule has 0 aliphatic rings. The van der Waals surface area contributed by atoms with E-state index in [1.807, 2.05) is 24.4 Å². The fourth-order valence-electron chi connectivity index (χ4n) is 1.38. The number of thioether (sulfide) groups is 1. The molecule has 0 aliphatic heterocycles. The molecule has 0 aromatic carbocycles. The first-order valence-corrected chi connectivity index (χ1v) is 9.33. The summed E-state index contributed by atoms with van der Waals surface area (Å²) in [7, 11) is 0. The number of nitrogens with zero attached hydrogens (tertiary/aromatic N) is 3. The number of carbonyl (C=O) groups excluding carboxylic acids is 1. The number of rotatable bonds is 8. The summed E-state index contributed by atoms with van der Waals surface area (Å²) < 4.78 is 0.852. The summed E-state index contributed by atoms with van der Waals surface area (Å²) >= 11 is 4.56. The zero-order chi connectivity index (χ0) is 15.8. The number of hydrogen-bond acceptors (Lipinski definition) is 8. The normalized spacial score (nSPS) is 11.5. The monoisotopic (exact) mass is 356 g/mol. The van der Waals surface area contributed by atoms with Crippen molar-refractivity contribution in [1.82, 2.24) is 10.2 Å². The summed E-state index contributed by atoms with van der Waals surface area (Å²) in [4.78, 5) is 17.8. The van der Waals surface area contributed by atoms with E-state index in [2.05, 4.69) is 27.6 Å². The molecule has 2 aromatic heterocycles. The molecular formula is C13H16N4O2S3. The van der Waals surface area contributed by atoms with Crippen LogP contribution in [0, 0.1) is 0 Å².